The summed E-state index contributed by atoms with van der Waals surface area (Å²) in [5.74, 6) is 0.0957. The lowest BCUT2D eigenvalue weighted by Crippen LogP contribution is -2.38. The van der Waals surface area contributed by atoms with Crippen LogP contribution >= 0.6 is 0 Å². The van der Waals surface area contributed by atoms with Crippen molar-refractivity contribution < 1.29 is 24.2 Å². The molecule has 1 N–H and O–H groups in total. The topological polar surface area (TPSA) is 72.8 Å². The normalized spacial score (nSPS) is 11.4. The number of hydrogen-bond acceptors (Lipinski definition) is 4. The molecule has 0 amide bonds. The highest BCUT2D eigenvalue weighted by Gasteiger charge is 2.30. The SMILES string of the molecule is COc1ccc(C(=O)C=Cc2cc(C)c(OC(C)(C)C(=O)O)c(C)c2)cc1. The third-order valence-electron chi connectivity index (χ3n) is 4.16. The minimum Gasteiger partial charge on any atom is -0.497 e. The molecule has 0 bridgehead atoms. The summed E-state index contributed by atoms with van der Waals surface area (Å²) in [4.78, 5) is 23.6. The van der Waals surface area contributed by atoms with Crippen molar-refractivity contribution in [2.75, 3.05) is 7.11 Å². The van der Waals surface area contributed by atoms with Crippen LogP contribution in [0.15, 0.2) is 42.5 Å². The number of ketones is 1. The van der Waals surface area contributed by atoms with Crippen molar-refractivity contribution in [2.24, 2.45) is 0 Å². The number of benzene rings is 2. The quantitative estimate of drug-likeness (QED) is 0.577. The van der Waals surface area contributed by atoms with E-state index < -0.39 is 11.6 Å². The Morgan fingerprint density at radius 3 is 2.07 bits per heavy atom. The van der Waals surface area contributed by atoms with E-state index in [-0.39, 0.29) is 5.78 Å². The molecule has 0 saturated carbocycles. The number of carboxylic acid groups (broad SMARTS) is 1. The largest absolute Gasteiger partial charge is 0.497 e. The van der Waals surface area contributed by atoms with Crippen LogP contribution in [0, 0.1) is 13.8 Å². The van der Waals surface area contributed by atoms with E-state index in [2.05, 4.69) is 0 Å². The molecular formula is C22H24O5. The second kappa shape index (κ2) is 8.08. The highest BCUT2D eigenvalue weighted by atomic mass is 16.5. The van der Waals surface area contributed by atoms with E-state index in [0.29, 0.717) is 17.1 Å². The van der Waals surface area contributed by atoms with Gasteiger partial charge in [-0.15, -0.1) is 0 Å². The van der Waals surface area contributed by atoms with Crippen molar-refractivity contribution in [3.05, 3.63) is 64.7 Å². The molecule has 0 aliphatic rings. The number of allylic oxidation sites excluding steroid dienone is 1. The van der Waals surface area contributed by atoms with Crippen molar-refractivity contribution >= 4 is 17.8 Å². The molecule has 0 radical (unpaired) electrons. The molecule has 2 rings (SSSR count). The number of aryl methyl sites for hydroxylation is 2. The smallest absolute Gasteiger partial charge is 0.347 e. The number of carboxylic acids is 1. The molecule has 0 atom stereocenters. The number of methoxy groups -OCH3 is 1. The molecule has 0 fully saturated rings. The molecular weight excluding hydrogens is 344 g/mol. The third-order valence-corrected chi connectivity index (χ3v) is 4.16. The summed E-state index contributed by atoms with van der Waals surface area (Å²) < 4.78 is 10.8. The van der Waals surface area contributed by atoms with E-state index in [1.807, 2.05) is 26.0 Å². The summed E-state index contributed by atoms with van der Waals surface area (Å²) in [6.07, 6.45) is 3.25. The summed E-state index contributed by atoms with van der Waals surface area (Å²) in [5.41, 5.74) is 1.70. The van der Waals surface area contributed by atoms with Crippen LogP contribution in [-0.4, -0.2) is 29.6 Å². The van der Waals surface area contributed by atoms with Gasteiger partial charge >= 0.3 is 5.97 Å². The van der Waals surface area contributed by atoms with E-state index in [0.717, 1.165) is 16.7 Å². The molecule has 5 heteroatoms. The monoisotopic (exact) mass is 368 g/mol. The number of carbonyl (C=O) groups is 2. The minimum absolute atomic E-state index is 0.111. The summed E-state index contributed by atoms with van der Waals surface area (Å²) in [5, 5.41) is 9.24. The zero-order chi connectivity index (χ0) is 20.2. The Morgan fingerprint density at radius 2 is 1.59 bits per heavy atom. The lowest BCUT2D eigenvalue weighted by molar-refractivity contribution is -0.152. The van der Waals surface area contributed by atoms with Gasteiger partial charge in [0.2, 0.25) is 0 Å². The van der Waals surface area contributed by atoms with E-state index in [9.17, 15) is 14.7 Å². The Morgan fingerprint density at radius 1 is 1.04 bits per heavy atom. The fraction of sp³-hybridized carbons (Fsp3) is 0.273. The first kappa shape index (κ1) is 20.2. The van der Waals surface area contributed by atoms with E-state index in [1.54, 1.807) is 37.5 Å². The van der Waals surface area contributed by atoms with Gasteiger partial charge < -0.3 is 14.6 Å². The van der Waals surface area contributed by atoms with Crippen LogP contribution in [0.1, 0.15) is 40.9 Å². The van der Waals surface area contributed by atoms with Gasteiger partial charge in [0.15, 0.2) is 11.4 Å². The third kappa shape index (κ3) is 4.97. The molecule has 27 heavy (non-hydrogen) atoms. The fourth-order valence-electron chi connectivity index (χ4n) is 2.56. The first-order valence-corrected chi connectivity index (χ1v) is 8.54. The average Bonchev–Trinajstić information content (AvgIpc) is 2.62. The van der Waals surface area contributed by atoms with Crippen LogP contribution in [0.3, 0.4) is 0 Å². The van der Waals surface area contributed by atoms with Crippen LogP contribution in [0.4, 0.5) is 0 Å². The van der Waals surface area contributed by atoms with E-state index >= 15 is 0 Å². The molecule has 0 aliphatic heterocycles. The highest BCUT2D eigenvalue weighted by molar-refractivity contribution is 6.06. The van der Waals surface area contributed by atoms with Crippen LogP contribution in [0.5, 0.6) is 11.5 Å². The van der Waals surface area contributed by atoms with Crippen molar-refractivity contribution in [1.82, 2.24) is 0 Å². The molecule has 0 aromatic heterocycles. The van der Waals surface area contributed by atoms with Crippen LogP contribution in [0.25, 0.3) is 6.08 Å². The summed E-state index contributed by atoms with van der Waals surface area (Å²) >= 11 is 0. The predicted molar refractivity (Wildman–Crippen MR) is 105 cm³/mol. The van der Waals surface area contributed by atoms with Crippen LogP contribution in [-0.2, 0) is 4.79 Å². The lowest BCUT2D eigenvalue weighted by atomic mass is 10.0. The van der Waals surface area contributed by atoms with Gasteiger partial charge in [-0.25, -0.2) is 4.79 Å². The standard InChI is InChI=1S/C22H24O5/c1-14-12-16(13-15(2)20(14)27-22(3,4)21(24)25)6-11-19(23)17-7-9-18(26-5)10-8-17/h6-13H,1-5H3,(H,24,25). The first-order valence-electron chi connectivity index (χ1n) is 8.54. The van der Waals surface area contributed by atoms with Gasteiger partial charge in [0.1, 0.15) is 11.5 Å². The molecule has 0 aliphatic carbocycles. The van der Waals surface area contributed by atoms with Crippen molar-refractivity contribution in [3.8, 4) is 11.5 Å². The summed E-state index contributed by atoms with van der Waals surface area (Å²) in [6.45, 7) is 6.72. The maximum atomic E-state index is 12.3. The van der Waals surface area contributed by atoms with Crippen LogP contribution in [0.2, 0.25) is 0 Å². The number of aliphatic carboxylic acids is 1. The zero-order valence-electron chi connectivity index (χ0n) is 16.2. The molecule has 0 spiro atoms. The Kier molecular flexibility index (Phi) is 6.05. The predicted octanol–water partition coefficient (Wildman–Crippen LogP) is 4.45. The van der Waals surface area contributed by atoms with Gasteiger partial charge in [-0.2, -0.15) is 0 Å². The fourth-order valence-corrected chi connectivity index (χ4v) is 2.56. The average molecular weight is 368 g/mol. The molecule has 0 unspecified atom stereocenters. The van der Waals surface area contributed by atoms with E-state index in [4.69, 9.17) is 9.47 Å². The Hall–Kier alpha value is -3.08. The molecule has 5 nitrogen and oxygen atoms in total. The number of rotatable bonds is 7. The van der Waals surface area contributed by atoms with Crippen molar-refractivity contribution in [1.29, 1.82) is 0 Å². The molecule has 0 saturated heterocycles. The Labute approximate surface area is 159 Å². The first-order chi connectivity index (χ1) is 12.6. The van der Waals surface area contributed by atoms with Crippen LogP contribution < -0.4 is 9.47 Å². The molecule has 2 aromatic carbocycles. The van der Waals surface area contributed by atoms with Gasteiger partial charge in [-0.3, -0.25) is 4.79 Å². The summed E-state index contributed by atoms with van der Waals surface area (Å²) in [7, 11) is 1.58. The maximum Gasteiger partial charge on any atom is 0.347 e. The number of hydrogen-bond donors (Lipinski definition) is 1. The van der Waals surface area contributed by atoms with Crippen molar-refractivity contribution in [3.63, 3.8) is 0 Å². The van der Waals surface area contributed by atoms with E-state index in [1.165, 1.54) is 19.9 Å². The van der Waals surface area contributed by atoms with Gasteiger partial charge in [0, 0.05) is 5.56 Å². The molecule has 142 valence electrons. The molecule has 2 aromatic rings. The molecule has 0 heterocycles. The summed E-state index contributed by atoms with van der Waals surface area (Å²) in [6, 6.07) is 10.6. The number of ether oxygens (including phenoxy) is 2. The second-order valence-corrected chi connectivity index (χ2v) is 6.83. The van der Waals surface area contributed by atoms with Gasteiger partial charge in [-0.05, 0) is 86.9 Å². The highest BCUT2D eigenvalue weighted by Crippen LogP contribution is 2.29. The van der Waals surface area contributed by atoms with Gasteiger partial charge in [0.05, 0.1) is 7.11 Å². The number of carbonyl (C=O) groups excluding carboxylic acids is 1. The van der Waals surface area contributed by atoms with Gasteiger partial charge in [-0.1, -0.05) is 6.08 Å². The van der Waals surface area contributed by atoms with Crippen molar-refractivity contribution in [2.45, 2.75) is 33.3 Å². The zero-order valence-corrected chi connectivity index (χ0v) is 16.2. The minimum atomic E-state index is -1.32. The Bertz CT molecular complexity index is 853. The second-order valence-electron chi connectivity index (χ2n) is 6.83. The van der Waals surface area contributed by atoms with Gasteiger partial charge in [0.25, 0.3) is 0 Å². The lowest BCUT2D eigenvalue weighted by Gasteiger charge is -2.24. The Balaban J connectivity index is 2.20. The maximum absolute atomic E-state index is 12.3.